The average Bonchev–Trinajstić information content (AvgIpc) is 2.84. The molecule has 0 saturated carbocycles. The number of amides is 1. The molecule has 23 heavy (non-hydrogen) atoms. The van der Waals surface area contributed by atoms with Crippen molar-refractivity contribution in [3.05, 3.63) is 42.0 Å². The third-order valence-corrected chi connectivity index (χ3v) is 3.24. The van der Waals surface area contributed by atoms with E-state index in [1.165, 1.54) is 10.7 Å². The van der Waals surface area contributed by atoms with Gasteiger partial charge in [0.2, 0.25) is 5.91 Å². The van der Waals surface area contributed by atoms with Crippen LogP contribution in [0.25, 0.3) is 5.69 Å². The van der Waals surface area contributed by atoms with Gasteiger partial charge in [0.05, 0.1) is 12.2 Å². The summed E-state index contributed by atoms with van der Waals surface area (Å²) in [7, 11) is 0. The SMILES string of the molecule is Cc1cnn(-c2ccc(NC(=O)[C@@H](N)CC(C)C)cc2F)c1.Cl. The van der Waals surface area contributed by atoms with Crippen molar-refractivity contribution in [2.45, 2.75) is 33.2 Å². The molecule has 7 heteroatoms. The molecule has 1 atom stereocenters. The molecule has 0 aliphatic heterocycles. The highest BCUT2D eigenvalue weighted by Gasteiger charge is 2.16. The molecular formula is C16H22ClFN4O. The molecule has 126 valence electrons. The first-order valence-corrected chi connectivity index (χ1v) is 7.24. The lowest BCUT2D eigenvalue weighted by Crippen LogP contribution is -2.36. The molecule has 2 rings (SSSR count). The van der Waals surface area contributed by atoms with E-state index in [-0.39, 0.29) is 18.3 Å². The number of rotatable bonds is 5. The summed E-state index contributed by atoms with van der Waals surface area (Å²) in [6.45, 7) is 5.87. The van der Waals surface area contributed by atoms with Crippen molar-refractivity contribution in [3.8, 4) is 5.69 Å². The van der Waals surface area contributed by atoms with Gasteiger partial charge in [-0.25, -0.2) is 9.07 Å². The molecule has 3 N–H and O–H groups in total. The van der Waals surface area contributed by atoms with Crippen molar-refractivity contribution in [3.63, 3.8) is 0 Å². The number of benzene rings is 1. The van der Waals surface area contributed by atoms with Gasteiger partial charge in [-0.15, -0.1) is 12.4 Å². The van der Waals surface area contributed by atoms with Crippen LogP contribution in [0.2, 0.25) is 0 Å². The summed E-state index contributed by atoms with van der Waals surface area (Å²) in [5.74, 6) is -0.447. The largest absolute Gasteiger partial charge is 0.325 e. The first kappa shape index (κ1) is 19.1. The molecule has 0 radical (unpaired) electrons. The van der Waals surface area contributed by atoms with Crippen LogP contribution < -0.4 is 11.1 Å². The summed E-state index contributed by atoms with van der Waals surface area (Å²) in [6.07, 6.45) is 3.97. The minimum absolute atomic E-state index is 0. The van der Waals surface area contributed by atoms with E-state index in [1.807, 2.05) is 20.8 Å². The van der Waals surface area contributed by atoms with Crippen molar-refractivity contribution in [2.24, 2.45) is 11.7 Å². The first-order chi connectivity index (χ1) is 10.4. The van der Waals surface area contributed by atoms with E-state index in [2.05, 4.69) is 10.4 Å². The predicted octanol–water partition coefficient (Wildman–Crippen LogP) is 3.05. The summed E-state index contributed by atoms with van der Waals surface area (Å²) in [5, 5.41) is 6.71. The number of nitrogens with zero attached hydrogens (tertiary/aromatic N) is 2. The molecule has 1 heterocycles. The Kier molecular flexibility index (Phi) is 6.72. The van der Waals surface area contributed by atoms with Crippen LogP contribution in [-0.2, 0) is 4.79 Å². The lowest BCUT2D eigenvalue weighted by Gasteiger charge is -2.14. The van der Waals surface area contributed by atoms with Crippen LogP contribution in [0.3, 0.4) is 0 Å². The van der Waals surface area contributed by atoms with Crippen molar-refractivity contribution in [1.29, 1.82) is 0 Å². The standard InChI is InChI=1S/C16H21FN4O.ClH/c1-10(2)6-14(18)16(22)20-12-4-5-15(13(17)7-12)21-9-11(3)8-19-21;/h4-5,7-10,14H,6,18H2,1-3H3,(H,20,22);1H/t14-;/m0./s1. The second kappa shape index (κ2) is 8.08. The van der Waals surface area contributed by atoms with E-state index < -0.39 is 11.9 Å². The summed E-state index contributed by atoms with van der Waals surface area (Å²) in [4.78, 5) is 11.9. The maximum atomic E-state index is 14.2. The van der Waals surface area contributed by atoms with Crippen molar-refractivity contribution in [1.82, 2.24) is 9.78 Å². The number of nitrogens with one attached hydrogen (secondary N) is 1. The van der Waals surface area contributed by atoms with Crippen LogP contribution >= 0.6 is 12.4 Å². The number of aromatic nitrogens is 2. The van der Waals surface area contributed by atoms with E-state index in [0.29, 0.717) is 23.7 Å². The van der Waals surface area contributed by atoms with E-state index in [0.717, 1.165) is 5.56 Å². The molecule has 0 aliphatic rings. The van der Waals surface area contributed by atoms with E-state index in [4.69, 9.17) is 5.73 Å². The third kappa shape index (κ3) is 5.04. The lowest BCUT2D eigenvalue weighted by atomic mass is 10.0. The normalized spacial score (nSPS) is 11.9. The number of carbonyl (C=O) groups excluding carboxylic acids is 1. The smallest absolute Gasteiger partial charge is 0.241 e. The van der Waals surface area contributed by atoms with Crippen LogP contribution in [0, 0.1) is 18.7 Å². The zero-order valence-electron chi connectivity index (χ0n) is 13.4. The van der Waals surface area contributed by atoms with Gasteiger partial charge in [0.15, 0.2) is 5.82 Å². The van der Waals surface area contributed by atoms with Gasteiger partial charge in [0.1, 0.15) is 5.69 Å². The molecule has 2 aromatic rings. The van der Waals surface area contributed by atoms with Crippen LogP contribution in [0.15, 0.2) is 30.6 Å². The number of nitrogens with two attached hydrogens (primary N) is 1. The lowest BCUT2D eigenvalue weighted by molar-refractivity contribution is -0.117. The van der Waals surface area contributed by atoms with Gasteiger partial charge >= 0.3 is 0 Å². The van der Waals surface area contributed by atoms with Gasteiger partial charge in [0.25, 0.3) is 0 Å². The third-order valence-electron chi connectivity index (χ3n) is 3.24. The highest BCUT2D eigenvalue weighted by atomic mass is 35.5. The van der Waals surface area contributed by atoms with Crippen molar-refractivity contribution in [2.75, 3.05) is 5.32 Å². The van der Waals surface area contributed by atoms with E-state index in [1.54, 1.807) is 24.5 Å². The van der Waals surface area contributed by atoms with Gasteiger partial charge in [0, 0.05) is 11.9 Å². The number of aryl methyl sites for hydroxylation is 1. The van der Waals surface area contributed by atoms with E-state index in [9.17, 15) is 9.18 Å². The Bertz CT molecular complexity index is 672. The van der Waals surface area contributed by atoms with Crippen molar-refractivity contribution < 1.29 is 9.18 Å². The maximum absolute atomic E-state index is 14.2. The summed E-state index contributed by atoms with van der Waals surface area (Å²) in [5.41, 5.74) is 7.46. The molecule has 1 aromatic heterocycles. The quantitative estimate of drug-likeness (QED) is 0.878. The number of hydrogen-bond acceptors (Lipinski definition) is 3. The number of anilines is 1. The fraction of sp³-hybridized carbons (Fsp3) is 0.375. The summed E-state index contributed by atoms with van der Waals surface area (Å²) in [6, 6.07) is 3.88. The van der Waals surface area contributed by atoms with Crippen LogP contribution in [-0.4, -0.2) is 21.7 Å². The molecule has 1 aromatic carbocycles. The Morgan fingerprint density at radius 1 is 1.43 bits per heavy atom. The summed E-state index contributed by atoms with van der Waals surface area (Å²) >= 11 is 0. The molecule has 0 aliphatic carbocycles. The molecule has 0 unspecified atom stereocenters. The Hall–Kier alpha value is -1.92. The highest BCUT2D eigenvalue weighted by Crippen LogP contribution is 2.18. The zero-order chi connectivity index (χ0) is 16.3. The monoisotopic (exact) mass is 340 g/mol. The number of halogens is 2. The summed E-state index contributed by atoms with van der Waals surface area (Å²) < 4.78 is 15.6. The minimum atomic E-state index is -0.600. The Morgan fingerprint density at radius 3 is 2.65 bits per heavy atom. The van der Waals surface area contributed by atoms with Gasteiger partial charge in [-0.2, -0.15) is 5.10 Å². The zero-order valence-corrected chi connectivity index (χ0v) is 14.2. The van der Waals surface area contributed by atoms with E-state index >= 15 is 0 Å². The second-order valence-electron chi connectivity index (χ2n) is 5.85. The molecule has 0 spiro atoms. The molecular weight excluding hydrogens is 319 g/mol. The molecule has 5 nitrogen and oxygen atoms in total. The fourth-order valence-corrected chi connectivity index (χ4v) is 2.16. The topological polar surface area (TPSA) is 72.9 Å². The maximum Gasteiger partial charge on any atom is 0.241 e. The van der Waals surface area contributed by atoms with Gasteiger partial charge < -0.3 is 11.1 Å². The molecule has 0 saturated heterocycles. The van der Waals surface area contributed by atoms with Crippen molar-refractivity contribution >= 4 is 24.0 Å². The van der Waals surface area contributed by atoms with Crippen LogP contribution in [0.1, 0.15) is 25.8 Å². The Labute approximate surface area is 141 Å². The molecule has 1 amide bonds. The van der Waals surface area contributed by atoms with Crippen LogP contribution in [0.5, 0.6) is 0 Å². The molecule has 0 bridgehead atoms. The minimum Gasteiger partial charge on any atom is -0.325 e. The number of hydrogen-bond donors (Lipinski definition) is 2. The van der Waals surface area contributed by atoms with Gasteiger partial charge in [-0.3, -0.25) is 4.79 Å². The first-order valence-electron chi connectivity index (χ1n) is 7.24. The Balaban J connectivity index is 0.00000264. The predicted molar refractivity (Wildman–Crippen MR) is 91.6 cm³/mol. The Morgan fingerprint density at radius 2 is 2.13 bits per heavy atom. The average molecular weight is 341 g/mol. The highest BCUT2D eigenvalue weighted by molar-refractivity contribution is 5.94. The van der Waals surface area contributed by atoms with Crippen LogP contribution in [0.4, 0.5) is 10.1 Å². The molecule has 0 fully saturated rings. The fourth-order valence-electron chi connectivity index (χ4n) is 2.16. The second-order valence-corrected chi connectivity index (χ2v) is 5.85. The number of carbonyl (C=O) groups is 1. The van der Waals surface area contributed by atoms with Gasteiger partial charge in [-0.1, -0.05) is 13.8 Å². The van der Waals surface area contributed by atoms with Gasteiger partial charge in [-0.05, 0) is 43.0 Å².